The number of carbonyl (C=O) groups is 3. The second-order valence-electron chi connectivity index (χ2n) is 20.0. The van der Waals surface area contributed by atoms with E-state index >= 15 is 0 Å². The predicted octanol–water partition coefficient (Wildman–Crippen LogP) is 7.57. The van der Waals surface area contributed by atoms with Gasteiger partial charge in [0.1, 0.15) is 11.3 Å². The zero-order chi connectivity index (χ0) is 40.5. The van der Waals surface area contributed by atoms with Gasteiger partial charge in [0, 0.05) is 12.8 Å². The maximum Gasteiger partial charge on any atom is 0.511 e. The van der Waals surface area contributed by atoms with Gasteiger partial charge in [0.2, 0.25) is 12.7 Å². The normalized spacial score (nSPS) is 37.4. The summed E-state index contributed by atoms with van der Waals surface area (Å²) in [5.74, 6) is 0.233. The number of carbonyl (C=O) groups excluding carboxylic acids is 3. The summed E-state index contributed by atoms with van der Waals surface area (Å²) in [6, 6.07) is 5.19. The van der Waals surface area contributed by atoms with Crippen molar-refractivity contribution in [2.45, 2.75) is 161 Å². The second-order valence-corrected chi connectivity index (χ2v) is 20.0. The van der Waals surface area contributed by atoms with E-state index in [4.69, 9.17) is 37.7 Å². The van der Waals surface area contributed by atoms with Gasteiger partial charge in [0.25, 0.3) is 0 Å². The first kappa shape index (κ1) is 40.9. The van der Waals surface area contributed by atoms with Gasteiger partial charge in [-0.1, -0.05) is 59.1 Å². The minimum atomic E-state index is -0.872. The van der Waals surface area contributed by atoms with E-state index in [-0.39, 0.29) is 53.0 Å². The molecule has 1 amide bonds. The molecule has 10 unspecified atom stereocenters. The third kappa shape index (κ3) is 7.28. The number of benzene rings is 1. The number of amides is 1. The molecule has 13 heteroatoms. The van der Waals surface area contributed by atoms with Gasteiger partial charge in [-0.15, -0.1) is 0 Å². The Labute approximate surface area is 338 Å². The number of esters is 1. The van der Waals surface area contributed by atoms with Crippen LogP contribution in [-0.2, 0) is 44.2 Å². The molecule has 7 aliphatic carbocycles. The van der Waals surface area contributed by atoms with Crippen LogP contribution in [0.15, 0.2) is 18.2 Å². The zero-order valence-electron chi connectivity index (χ0n) is 35.3. The van der Waals surface area contributed by atoms with Crippen LogP contribution in [0.5, 0.6) is 5.75 Å². The van der Waals surface area contributed by atoms with Crippen LogP contribution in [0.1, 0.15) is 135 Å². The van der Waals surface area contributed by atoms with E-state index in [2.05, 4.69) is 46.9 Å². The maximum atomic E-state index is 14.0. The van der Waals surface area contributed by atoms with E-state index in [0.717, 1.165) is 51.4 Å². The molecule has 9 fully saturated rings. The molecule has 10 atom stereocenters. The van der Waals surface area contributed by atoms with Gasteiger partial charge in [-0.3, -0.25) is 4.79 Å². The molecule has 0 aromatic heterocycles. The number of methoxy groups -OCH3 is 1. The number of para-hydroxylation sites is 1. The Morgan fingerprint density at radius 3 is 2.23 bits per heavy atom. The van der Waals surface area contributed by atoms with E-state index in [1.807, 2.05) is 13.0 Å². The van der Waals surface area contributed by atoms with Crippen LogP contribution in [-0.4, -0.2) is 80.8 Å². The second kappa shape index (κ2) is 15.0. The Kier molecular flexibility index (Phi) is 10.8. The summed E-state index contributed by atoms with van der Waals surface area (Å²) >= 11 is 0. The van der Waals surface area contributed by atoms with Gasteiger partial charge in [-0.05, 0) is 118 Å². The molecule has 10 rings (SSSR count). The van der Waals surface area contributed by atoms with E-state index in [9.17, 15) is 14.4 Å². The van der Waals surface area contributed by atoms with Crippen molar-refractivity contribution in [2.75, 3.05) is 20.5 Å². The summed E-state index contributed by atoms with van der Waals surface area (Å²) in [4.78, 5) is 39.5. The van der Waals surface area contributed by atoms with Crippen molar-refractivity contribution in [3.05, 3.63) is 29.3 Å². The van der Waals surface area contributed by atoms with Crippen molar-refractivity contribution < 1.29 is 52.1 Å². The van der Waals surface area contributed by atoms with Crippen molar-refractivity contribution in [2.24, 2.45) is 40.4 Å². The Bertz CT molecular complexity index is 1710. The molecule has 9 aliphatic rings. The van der Waals surface area contributed by atoms with Crippen LogP contribution >= 0.6 is 0 Å². The number of hydrogen-bond acceptors (Lipinski definition) is 11. The van der Waals surface area contributed by atoms with Crippen molar-refractivity contribution in [1.29, 1.82) is 0 Å². The molecular weight excluding hydrogens is 729 g/mol. The highest BCUT2D eigenvalue weighted by Gasteiger charge is 2.70. The van der Waals surface area contributed by atoms with Crippen LogP contribution in [0.4, 0.5) is 4.79 Å². The van der Waals surface area contributed by atoms with Crippen LogP contribution in [0.25, 0.3) is 0 Å². The Morgan fingerprint density at radius 1 is 0.860 bits per heavy atom. The van der Waals surface area contributed by atoms with Gasteiger partial charge >= 0.3 is 19.2 Å². The highest BCUT2D eigenvalue weighted by Crippen LogP contribution is 2.68. The van der Waals surface area contributed by atoms with Crippen molar-refractivity contribution >= 4 is 25.2 Å². The molecule has 0 spiro atoms. The van der Waals surface area contributed by atoms with Gasteiger partial charge in [-0.25, -0.2) is 9.59 Å². The summed E-state index contributed by atoms with van der Waals surface area (Å²) in [5, 5.41) is 3.27. The third-order valence-corrected chi connectivity index (χ3v) is 16.1. The van der Waals surface area contributed by atoms with E-state index < -0.39 is 43.4 Å². The van der Waals surface area contributed by atoms with Gasteiger partial charge in [0.15, 0.2) is 5.79 Å². The first-order valence-corrected chi connectivity index (χ1v) is 21.6. The monoisotopic (exact) mass is 793 g/mol. The van der Waals surface area contributed by atoms with E-state index in [1.165, 1.54) is 13.5 Å². The predicted molar refractivity (Wildman–Crippen MR) is 210 cm³/mol. The number of rotatable bonds is 13. The molecule has 1 aromatic carbocycles. The third-order valence-electron chi connectivity index (χ3n) is 16.1. The van der Waals surface area contributed by atoms with E-state index in [1.54, 1.807) is 12.1 Å². The standard InChI is InChI=1S/C44H64BNO11/c1-40(2)28-20-31(40)43(6)33(22-28)54-42(5,56-43)18-17-36(47)46-35(45-55-34-23-29-21-32(41(29,3)4)44(34,7)57-45)19-27-15-12-16-30(37(27)50-8)38(48)52-25-53-39(49)51-24-26-13-10-9-11-14-26/h12,15-16,26,28-29,31-35H,9-11,13-14,17-25H2,1-8H3,(H,46,47). The van der Waals surface area contributed by atoms with Gasteiger partial charge in [-0.2, -0.15) is 0 Å². The quantitative estimate of drug-likeness (QED) is 0.120. The minimum Gasteiger partial charge on any atom is -0.496 e. The molecular formula is C44H64BNO11. The lowest BCUT2D eigenvalue weighted by molar-refractivity contribution is -0.226. The molecule has 12 nitrogen and oxygen atoms in total. The smallest absolute Gasteiger partial charge is 0.496 e. The average Bonchev–Trinajstić information content (AvgIpc) is 3.68. The number of hydrogen-bond donors (Lipinski definition) is 1. The molecule has 2 heterocycles. The van der Waals surface area contributed by atoms with Gasteiger partial charge < -0.3 is 43.0 Å². The fourth-order valence-corrected chi connectivity index (χ4v) is 12.4. The summed E-state index contributed by atoms with van der Waals surface area (Å²) in [6.45, 7) is 15.3. The zero-order valence-corrected chi connectivity index (χ0v) is 35.3. The van der Waals surface area contributed by atoms with Crippen LogP contribution < -0.4 is 10.1 Å². The Morgan fingerprint density at radius 2 is 1.54 bits per heavy atom. The highest BCUT2D eigenvalue weighted by molar-refractivity contribution is 6.48. The van der Waals surface area contributed by atoms with Crippen LogP contribution in [0.2, 0.25) is 0 Å². The topological polar surface area (TPSA) is 137 Å². The van der Waals surface area contributed by atoms with Crippen molar-refractivity contribution in [3.63, 3.8) is 0 Å². The largest absolute Gasteiger partial charge is 0.511 e. The highest BCUT2D eigenvalue weighted by atomic mass is 16.8. The van der Waals surface area contributed by atoms with Crippen LogP contribution in [0, 0.1) is 40.4 Å². The number of ether oxygens (including phenoxy) is 6. The molecule has 4 bridgehead atoms. The SMILES string of the molecule is COc1c(CC(NC(=O)CCC2(C)OC3CC4CC(C4(C)C)C3(C)O2)B2OC3CC4CC(C4(C)C)C3(C)O2)cccc1C(=O)OCOC(=O)OCC1CCCCC1. The molecule has 314 valence electrons. The lowest BCUT2D eigenvalue weighted by Gasteiger charge is -2.64. The van der Waals surface area contributed by atoms with Crippen molar-refractivity contribution in [3.8, 4) is 5.75 Å². The lowest BCUT2D eigenvalue weighted by atomic mass is 9.43. The summed E-state index contributed by atoms with van der Waals surface area (Å²) in [5.41, 5.74) is 0.337. The Hall–Kier alpha value is -2.87. The number of nitrogens with one attached hydrogen (secondary N) is 1. The molecule has 1 aromatic rings. The molecule has 57 heavy (non-hydrogen) atoms. The Balaban J connectivity index is 0.939. The van der Waals surface area contributed by atoms with E-state index in [0.29, 0.717) is 53.9 Å². The summed E-state index contributed by atoms with van der Waals surface area (Å²) in [6.07, 6.45) is 9.61. The summed E-state index contributed by atoms with van der Waals surface area (Å²) in [7, 11) is 0.763. The molecule has 2 saturated heterocycles. The minimum absolute atomic E-state index is 0.0213. The fraction of sp³-hybridized carbons (Fsp3) is 0.795. The molecule has 1 N–H and O–H groups in total. The summed E-state index contributed by atoms with van der Waals surface area (Å²) < 4.78 is 48.5. The lowest BCUT2D eigenvalue weighted by Crippen LogP contribution is -2.65. The van der Waals surface area contributed by atoms with Crippen molar-refractivity contribution in [1.82, 2.24) is 5.32 Å². The van der Waals surface area contributed by atoms with Crippen LogP contribution in [0.3, 0.4) is 0 Å². The fourth-order valence-electron chi connectivity index (χ4n) is 12.4. The first-order valence-electron chi connectivity index (χ1n) is 21.6. The maximum absolute atomic E-state index is 14.0. The molecule has 0 radical (unpaired) electrons. The average molecular weight is 794 g/mol. The molecule has 2 aliphatic heterocycles. The first-order chi connectivity index (χ1) is 27.0. The van der Waals surface area contributed by atoms with Gasteiger partial charge in [0.05, 0.1) is 43.1 Å². The molecule has 7 saturated carbocycles.